The monoisotopic (exact) mass is 1010 g/mol. The van der Waals surface area contributed by atoms with Gasteiger partial charge in [0.2, 0.25) is 0 Å². The molecular weight excluding hydrogens is 901 g/mol. The molecule has 0 aliphatic heterocycles. The molecule has 0 aromatic carbocycles. The van der Waals surface area contributed by atoms with Crippen molar-refractivity contribution in [2.24, 2.45) is 0 Å². The lowest BCUT2D eigenvalue weighted by atomic mass is 10.0. The van der Waals surface area contributed by atoms with Gasteiger partial charge >= 0.3 is 17.9 Å². The minimum absolute atomic E-state index is 0.0988. The lowest BCUT2D eigenvalue weighted by Gasteiger charge is -2.18. The van der Waals surface area contributed by atoms with Crippen molar-refractivity contribution in [2.75, 3.05) is 13.2 Å². The molecule has 73 heavy (non-hydrogen) atoms. The highest BCUT2D eigenvalue weighted by atomic mass is 16.6. The summed E-state index contributed by atoms with van der Waals surface area (Å²) >= 11 is 0. The van der Waals surface area contributed by atoms with Gasteiger partial charge < -0.3 is 14.2 Å². The largest absolute Gasteiger partial charge is 0.462 e. The van der Waals surface area contributed by atoms with Crippen LogP contribution in [0.2, 0.25) is 0 Å². The molecule has 0 heterocycles. The van der Waals surface area contributed by atoms with Gasteiger partial charge in [-0.2, -0.15) is 0 Å². The molecule has 0 radical (unpaired) electrons. The van der Waals surface area contributed by atoms with Gasteiger partial charge in [-0.25, -0.2) is 0 Å². The fourth-order valence-electron chi connectivity index (χ4n) is 8.29. The van der Waals surface area contributed by atoms with Crippen molar-refractivity contribution in [3.05, 3.63) is 109 Å². The Kier molecular flexibility index (Phi) is 57.4. The van der Waals surface area contributed by atoms with Crippen molar-refractivity contribution in [1.82, 2.24) is 0 Å². The van der Waals surface area contributed by atoms with Gasteiger partial charge in [-0.05, 0) is 96.3 Å². The summed E-state index contributed by atoms with van der Waals surface area (Å²) in [6, 6.07) is 0. The van der Waals surface area contributed by atoms with Crippen LogP contribution < -0.4 is 0 Å². The van der Waals surface area contributed by atoms with Crippen molar-refractivity contribution < 1.29 is 28.6 Å². The molecule has 1 unspecified atom stereocenters. The molecule has 0 aromatic rings. The van der Waals surface area contributed by atoms with Gasteiger partial charge in [0, 0.05) is 19.3 Å². The predicted molar refractivity (Wildman–Crippen MR) is 316 cm³/mol. The second-order valence-electron chi connectivity index (χ2n) is 19.9. The summed E-state index contributed by atoms with van der Waals surface area (Å²) in [5, 5.41) is 0. The molecule has 0 saturated heterocycles. The summed E-state index contributed by atoms with van der Waals surface area (Å²) < 4.78 is 16.8. The van der Waals surface area contributed by atoms with Crippen LogP contribution in [0.5, 0.6) is 0 Å². The van der Waals surface area contributed by atoms with Gasteiger partial charge in [0.25, 0.3) is 0 Å². The first kappa shape index (κ1) is 69.1. The second kappa shape index (κ2) is 60.6. The molecule has 0 fully saturated rings. The SMILES string of the molecule is CC/C=C\C/C=C\C/C=C\C/C=C\C/C=C\CCCC(=O)OC(COC(=O)CCCCCCCCCCCCC)COC(=O)CCCCCCCCCCCCCCCC/C=C\C/C=C\C/C=C\C/C=C\CC. The molecule has 1 atom stereocenters. The van der Waals surface area contributed by atoms with Crippen LogP contribution in [0.4, 0.5) is 0 Å². The number of unbranched alkanes of at least 4 members (excludes halogenated alkanes) is 25. The van der Waals surface area contributed by atoms with E-state index in [9.17, 15) is 14.4 Å². The van der Waals surface area contributed by atoms with Crippen LogP contribution in [0.1, 0.15) is 278 Å². The molecule has 0 aliphatic carbocycles. The maximum absolute atomic E-state index is 12.8. The number of esters is 3. The normalized spacial score (nSPS) is 12.9. The van der Waals surface area contributed by atoms with E-state index in [4.69, 9.17) is 14.2 Å². The number of carbonyl (C=O) groups is 3. The summed E-state index contributed by atoms with van der Waals surface area (Å²) in [4.78, 5) is 38.1. The zero-order valence-electron chi connectivity index (χ0n) is 47.6. The predicted octanol–water partition coefficient (Wildman–Crippen LogP) is 20.7. The van der Waals surface area contributed by atoms with Crippen molar-refractivity contribution >= 4 is 17.9 Å². The van der Waals surface area contributed by atoms with Gasteiger partial charge in [-0.1, -0.05) is 271 Å². The van der Waals surface area contributed by atoms with Crippen molar-refractivity contribution in [3.63, 3.8) is 0 Å². The first-order valence-electron chi connectivity index (χ1n) is 30.4. The summed E-state index contributed by atoms with van der Waals surface area (Å²) in [5.74, 6) is -0.954. The Morgan fingerprint density at radius 1 is 0.288 bits per heavy atom. The number of rotatable bonds is 54. The molecule has 6 heteroatoms. The van der Waals surface area contributed by atoms with Crippen molar-refractivity contribution in [3.8, 4) is 0 Å². The Morgan fingerprint density at radius 3 is 0.877 bits per heavy atom. The molecule has 0 N–H and O–H groups in total. The van der Waals surface area contributed by atoms with Gasteiger partial charge in [0.05, 0.1) is 0 Å². The Morgan fingerprint density at radius 2 is 0.548 bits per heavy atom. The van der Waals surface area contributed by atoms with Crippen LogP contribution in [-0.4, -0.2) is 37.2 Å². The van der Waals surface area contributed by atoms with Crippen LogP contribution in [0.15, 0.2) is 109 Å². The quantitative estimate of drug-likeness (QED) is 0.0261. The topological polar surface area (TPSA) is 78.9 Å². The summed E-state index contributed by atoms with van der Waals surface area (Å²) in [6.07, 6.45) is 82.5. The van der Waals surface area contributed by atoms with Gasteiger partial charge in [0.1, 0.15) is 13.2 Å². The maximum Gasteiger partial charge on any atom is 0.306 e. The Labute approximate surface area is 450 Å². The Hall–Kier alpha value is -3.93. The van der Waals surface area contributed by atoms with E-state index < -0.39 is 6.10 Å². The van der Waals surface area contributed by atoms with E-state index in [1.807, 2.05) is 0 Å². The highest BCUT2D eigenvalue weighted by Crippen LogP contribution is 2.16. The average Bonchev–Trinajstić information content (AvgIpc) is 3.39. The zero-order valence-corrected chi connectivity index (χ0v) is 47.6. The van der Waals surface area contributed by atoms with E-state index in [0.29, 0.717) is 19.3 Å². The number of hydrogen-bond donors (Lipinski definition) is 0. The maximum atomic E-state index is 12.8. The van der Waals surface area contributed by atoms with Crippen LogP contribution in [-0.2, 0) is 28.6 Å². The van der Waals surface area contributed by atoms with Crippen LogP contribution in [0.25, 0.3) is 0 Å². The third kappa shape index (κ3) is 58.8. The summed E-state index contributed by atoms with van der Waals surface area (Å²) in [6.45, 7) is 6.37. The lowest BCUT2D eigenvalue weighted by molar-refractivity contribution is -0.167. The molecule has 0 aromatic heterocycles. The molecule has 0 spiro atoms. The number of ether oxygens (including phenoxy) is 3. The average molecular weight is 1010 g/mol. The van der Waals surface area contributed by atoms with Gasteiger partial charge in [0.15, 0.2) is 6.10 Å². The van der Waals surface area contributed by atoms with E-state index in [1.165, 1.54) is 128 Å². The number of hydrogen-bond acceptors (Lipinski definition) is 6. The first-order valence-corrected chi connectivity index (χ1v) is 30.4. The third-order valence-electron chi connectivity index (χ3n) is 12.8. The Balaban J connectivity index is 4.30. The molecule has 0 amide bonds. The first-order chi connectivity index (χ1) is 36.0. The molecule has 416 valence electrons. The van der Waals surface area contributed by atoms with Gasteiger partial charge in [-0.15, -0.1) is 0 Å². The molecule has 0 aliphatic rings. The highest BCUT2D eigenvalue weighted by molar-refractivity contribution is 5.71. The smallest absolute Gasteiger partial charge is 0.306 e. The number of carbonyl (C=O) groups excluding carboxylic acids is 3. The van der Waals surface area contributed by atoms with Crippen LogP contribution in [0.3, 0.4) is 0 Å². The van der Waals surface area contributed by atoms with E-state index in [2.05, 4.69) is 130 Å². The van der Waals surface area contributed by atoms with E-state index in [0.717, 1.165) is 103 Å². The molecule has 0 rings (SSSR count). The lowest BCUT2D eigenvalue weighted by Crippen LogP contribution is -2.30. The molecule has 0 saturated carbocycles. The zero-order chi connectivity index (χ0) is 52.9. The second-order valence-corrected chi connectivity index (χ2v) is 19.9. The molecular formula is C67H112O6. The third-order valence-corrected chi connectivity index (χ3v) is 12.8. The van der Waals surface area contributed by atoms with Crippen molar-refractivity contribution in [2.45, 2.75) is 284 Å². The molecule has 0 bridgehead atoms. The highest BCUT2D eigenvalue weighted by Gasteiger charge is 2.19. The Bertz CT molecular complexity index is 1490. The van der Waals surface area contributed by atoms with Gasteiger partial charge in [-0.3, -0.25) is 14.4 Å². The standard InChI is InChI=1S/C67H112O6/c1-4-7-10-13-16-19-22-24-26-28-29-30-31-32-33-34-35-36-37-39-40-42-45-48-51-54-57-60-66(69)72-63-64(62-71-65(68)59-56-53-50-47-44-21-18-15-12-9-6-3)73-67(70)61-58-55-52-49-46-43-41-38-27-25-23-20-17-14-11-8-5-2/h7-8,10-11,16-17,19-20,24-27,29-30,41,43,49,52,64H,4-6,9,12-15,18,21-23,28,31-40,42,44-48,50-51,53-63H2,1-3H3/b10-7-,11-8-,19-16-,20-17-,26-24-,27-25-,30-29-,43-41-,52-49-. The minimum atomic E-state index is -0.807. The minimum Gasteiger partial charge on any atom is -0.462 e. The fourth-order valence-corrected chi connectivity index (χ4v) is 8.29. The van der Waals surface area contributed by atoms with E-state index >= 15 is 0 Å². The fraction of sp³-hybridized carbons (Fsp3) is 0.687. The number of allylic oxidation sites excluding steroid dienone is 18. The summed E-state index contributed by atoms with van der Waals surface area (Å²) in [7, 11) is 0. The van der Waals surface area contributed by atoms with E-state index in [1.54, 1.807) is 0 Å². The van der Waals surface area contributed by atoms with Crippen molar-refractivity contribution in [1.29, 1.82) is 0 Å². The molecule has 6 nitrogen and oxygen atoms in total. The van der Waals surface area contributed by atoms with E-state index in [-0.39, 0.29) is 37.5 Å². The van der Waals surface area contributed by atoms with Crippen LogP contribution in [0, 0.1) is 0 Å². The summed E-state index contributed by atoms with van der Waals surface area (Å²) in [5.41, 5.74) is 0. The van der Waals surface area contributed by atoms with Crippen LogP contribution >= 0.6 is 0 Å².